The average Bonchev–Trinajstić information content (AvgIpc) is 2.34. The van der Waals surface area contributed by atoms with Crippen LogP contribution in [0, 0.1) is 5.82 Å². The van der Waals surface area contributed by atoms with Crippen molar-refractivity contribution in [2.45, 2.75) is 0 Å². The quantitative estimate of drug-likeness (QED) is 0.579. The van der Waals surface area contributed by atoms with Crippen molar-refractivity contribution in [3.05, 3.63) is 30.3 Å². The van der Waals surface area contributed by atoms with E-state index in [2.05, 4.69) is 4.98 Å². The van der Waals surface area contributed by atoms with E-state index in [0.717, 1.165) is 10.9 Å². The molecule has 1 N–H and O–H groups in total. The number of hydrogen-bond donors (Lipinski definition) is 1. The van der Waals surface area contributed by atoms with Crippen LogP contribution in [0.1, 0.15) is 0 Å². The maximum atomic E-state index is 12.6. The fourth-order valence-corrected chi connectivity index (χ4v) is 0.999. The molecule has 0 fully saturated rings. The van der Waals surface area contributed by atoms with Crippen LogP contribution in [0.25, 0.3) is 11.4 Å². The lowest BCUT2D eigenvalue weighted by Crippen LogP contribution is -1.98. The Balaban J connectivity index is 2.79. The monoisotopic (exact) mass is 152 g/mol. The Morgan fingerprint density at radius 3 is 3.18 bits per heavy atom. The SMILES string of the molecule is On1cc(F)cc2nccc1-2. The van der Waals surface area contributed by atoms with Crippen molar-refractivity contribution in [3.63, 3.8) is 0 Å². The minimum Gasteiger partial charge on any atom is -0.428 e. The van der Waals surface area contributed by atoms with Crippen LogP contribution in [0.4, 0.5) is 4.39 Å². The first kappa shape index (κ1) is 6.15. The van der Waals surface area contributed by atoms with Crippen LogP contribution in [0.5, 0.6) is 0 Å². The largest absolute Gasteiger partial charge is 0.428 e. The van der Waals surface area contributed by atoms with Crippen molar-refractivity contribution in [1.82, 2.24) is 9.71 Å². The van der Waals surface area contributed by atoms with E-state index >= 15 is 0 Å². The molecule has 0 amide bonds. The van der Waals surface area contributed by atoms with Gasteiger partial charge in [-0.1, -0.05) is 0 Å². The third-order valence-electron chi connectivity index (χ3n) is 1.48. The average molecular weight is 152 g/mol. The number of halogens is 1. The lowest BCUT2D eigenvalue weighted by Gasteiger charge is -2.02. The summed E-state index contributed by atoms with van der Waals surface area (Å²) in [6.07, 6.45) is 2.50. The number of hydrogen-bond acceptors (Lipinski definition) is 2. The molecule has 0 unspecified atom stereocenters. The first-order valence-corrected chi connectivity index (χ1v) is 3.09. The molecule has 2 aliphatic rings. The zero-order chi connectivity index (χ0) is 7.84. The predicted molar refractivity (Wildman–Crippen MR) is 36.0 cm³/mol. The summed E-state index contributed by atoms with van der Waals surface area (Å²) in [5.74, 6) is -0.501. The number of rotatable bonds is 0. The zero-order valence-corrected chi connectivity index (χ0v) is 5.53. The normalized spacial score (nSPS) is 10.6. The highest BCUT2D eigenvalue weighted by Gasteiger charge is 2.08. The molecule has 0 aromatic heterocycles. The molecule has 0 bridgehead atoms. The second kappa shape index (κ2) is 1.95. The van der Waals surface area contributed by atoms with E-state index in [9.17, 15) is 4.39 Å². The molecule has 0 saturated heterocycles. The molecule has 56 valence electrons. The summed E-state index contributed by atoms with van der Waals surface area (Å²) < 4.78 is 13.3. The molecule has 2 heterocycles. The Labute approximate surface area is 62.0 Å². The molecule has 0 saturated carbocycles. The third-order valence-corrected chi connectivity index (χ3v) is 1.48. The molecule has 4 heteroatoms. The summed E-state index contributed by atoms with van der Waals surface area (Å²) in [6.45, 7) is 0. The Kier molecular flexibility index (Phi) is 1.09. The van der Waals surface area contributed by atoms with Crippen LogP contribution in [0.2, 0.25) is 0 Å². The molecule has 2 rings (SSSR count). The summed E-state index contributed by atoms with van der Waals surface area (Å²) in [7, 11) is 0. The van der Waals surface area contributed by atoms with E-state index in [1.165, 1.54) is 12.3 Å². The highest BCUT2D eigenvalue weighted by atomic mass is 19.1. The minimum absolute atomic E-state index is 0.451. The van der Waals surface area contributed by atoms with Crippen LogP contribution in [0.3, 0.4) is 0 Å². The van der Waals surface area contributed by atoms with Gasteiger partial charge in [0.05, 0.1) is 11.9 Å². The summed E-state index contributed by atoms with van der Waals surface area (Å²) in [5, 5.41) is 9.08. The van der Waals surface area contributed by atoms with Crippen molar-refractivity contribution < 1.29 is 9.60 Å². The smallest absolute Gasteiger partial charge is 0.145 e. The summed E-state index contributed by atoms with van der Waals surface area (Å²) in [4.78, 5) is 3.82. The van der Waals surface area contributed by atoms with Crippen LogP contribution in [-0.2, 0) is 0 Å². The van der Waals surface area contributed by atoms with Gasteiger partial charge in [-0.3, -0.25) is 4.98 Å². The van der Waals surface area contributed by atoms with Crippen LogP contribution >= 0.6 is 0 Å². The second-order valence-corrected chi connectivity index (χ2v) is 2.22. The van der Waals surface area contributed by atoms with Crippen LogP contribution in [0.15, 0.2) is 24.5 Å². The van der Waals surface area contributed by atoms with Gasteiger partial charge in [-0.15, -0.1) is 0 Å². The van der Waals surface area contributed by atoms with Gasteiger partial charge in [-0.05, 0) is 6.07 Å². The summed E-state index contributed by atoms with van der Waals surface area (Å²) in [6, 6.07) is 2.87. The van der Waals surface area contributed by atoms with E-state index < -0.39 is 5.82 Å². The van der Waals surface area contributed by atoms with Gasteiger partial charge in [0.25, 0.3) is 0 Å². The maximum absolute atomic E-state index is 12.6. The molecular weight excluding hydrogens is 147 g/mol. The first-order chi connectivity index (χ1) is 5.27. The number of fused-ring (bicyclic) bond motifs is 1. The van der Waals surface area contributed by atoms with Gasteiger partial charge in [0.15, 0.2) is 0 Å². The third kappa shape index (κ3) is 0.832. The van der Waals surface area contributed by atoms with Crippen LogP contribution in [-0.4, -0.2) is 14.9 Å². The van der Waals surface area contributed by atoms with Crippen molar-refractivity contribution in [3.8, 4) is 11.4 Å². The standard InChI is InChI=1S/C7H5FN2O/c8-5-3-6-7(1-2-9-6)10(11)4-5/h1-4,11H. The van der Waals surface area contributed by atoms with Crippen molar-refractivity contribution >= 4 is 0 Å². The Hall–Kier alpha value is -1.58. The molecule has 2 aliphatic heterocycles. The highest BCUT2D eigenvalue weighted by Crippen LogP contribution is 2.18. The number of pyridine rings is 1. The highest BCUT2D eigenvalue weighted by molar-refractivity contribution is 5.56. The Morgan fingerprint density at radius 2 is 2.36 bits per heavy atom. The van der Waals surface area contributed by atoms with E-state index in [-0.39, 0.29) is 0 Å². The van der Waals surface area contributed by atoms with Gasteiger partial charge in [0, 0.05) is 12.3 Å². The van der Waals surface area contributed by atoms with E-state index in [1.54, 1.807) is 6.07 Å². The Bertz CT molecular complexity index is 358. The lowest BCUT2D eigenvalue weighted by atomic mass is 10.3. The van der Waals surface area contributed by atoms with Gasteiger partial charge in [-0.25, -0.2) is 4.39 Å². The van der Waals surface area contributed by atoms with Gasteiger partial charge >= 0.3 is 0 Å². The first-order valence-electron chi connectivity index (χ1n) is 3.09. The fourth-order valence-electron chi connectivity index (χ4n) is 0.999. The molecule has 0 spiro atoms. The molecular formula is C7H5FN2O. The van der Waals surface area contributed by atoms with E-state index in [0.29, 0.717) is 11.4 Å². The van der Waals surface area contributed by atoms with Gasteiger partial charge in [-0.2, -0.15) is 4.73 Å². The predicted octanol–water partition coefficient (Wildman–Crippen LogP) is 1.36. The molecule has 0 aromatic carbocycles. The second-order valence-electron chi connectivity index (χ2n) is 2.22. The molecule has 11 heavy (non-hydrogen) atoms. The number of aromatic nitrogens is 2. The minimum atomic E-state index is -0.501. The molecule has 0 aliphatic carbocycles. The lowest BCUT2D eigenvalue weighted by molar-refractivity contribution is 0.185. The van der Waals surface area contributed by atoms with E-state index in [1.807, 2.05) is 0 Å². The zero-order valence-electron chi connectivity index (χ0n) is 5.53. The molecule has 0 aromatic rings. The number of nitrogens with zero attached hydrogens (tertiary/aromatic N) is 2. The van der Waals surface area contributed by atoms with Gasteiger partial charge < -0.3 is 5.21 Å². The van der Waals surface area contributed by atoms with Crippen molar-refractivity contribution in [2.75, 3.05) is 0 Å². The van der Waals surface area contributed by atoms with Crippen LogP contribution < -0.4 is 0 Å². The van der Waals surface area contributed by atoms with E-state index in [4.69, 9.17) is 5.21 Å². The topological polar surface area (TPSA) is 38.0 Å². The van der Waals surface area contributed by atoms with Gasteiger partial charge in [0.1, 0.15) is 11.5 Å². The summed E-state index contributed by atoms with van der Waals surface area (Å²) in [5.41, 5.74) is 0.957. The molecule has 0 atom stereocenters. The molecule has 3 nitrogen and oxygen atoms in total. The molecule has 0 radical (unpaired) electrons. The Morgan fingerprint density at radius 1 is 1.55 bits per heavy atom. The fraction of sp³-hybridized carbons (Fsp3) is 0. The van der Waals surface area contributed by atoms with Crippen molar-refractivity contribution in [2.24, 2.45) is 0 Å². The van der Waals surface area contributed by atoms with Crippen molar-refractivity contribution in [1.29, 1.82) is 0 Å². The van der Waals surface area contributed by atoms with Gasteiger partial charge in [0.2, 0.25) is 0 Å². The summed E-state index contributed by atoms with van der Waals surface area (Å²) >= 11 is 0. The maximum Gasteiger partial charge on any atom is 0.145 e.